The lowest BCUT2D eigenvalue weighted by atomic mass is 10.1. The highest BCUT2D eigenvalue weighted by Crippen LogP contribution is 2.12. The number of hydrogen-bond donors (Lipinski definition) is 1. The van der Waals surface area contributed by atoms with Gasteiger partial charge in [0.1, 0.15) is 5.75 Å². The molecule has 0 aromatic heterocycles. The van der Waals surface area contributed by atoms with E-state index in [4.69, 9.17) is 9.84 Å². The third-order valence-corrected chi connectivity index (χ3v) is 1.69. The van der Waals surface area contributed by atoms with Gasteiger partial charge in [0.25, 0.3) is 0 Å². The molecule has 1 N–H and O–H groups in total. The van der Waals surface area contributed by atoms with Gasteiger partial charge in [-0.1, -0.05) is 39.3 Å². The molecule has 0 spiro atoms. The molecule has 0 heterocycles. The van der Waals surface area contributed by atoms with Crippen LogP contribution in [0, 0.1) is 0 Å². The number of rotatable bonds is 4. The Bertz CT molecular complexity index is 191. The van der Waals surface area contributed by atoms with Crippen molar-refractivity contribution in [3.63, 3.8) is 0 Å². The molecule has 0 saturated heterocycles. The molecule has 1 aromatic rings. The van der Waals surface area contributed by atoms with Gasteiger partial charge in [0, 0.05) is 0 Å². The molecule has 14 heavy (non-hydrogen) atoms. The molecule has 1 aromatic carbocycles. The minimum atomic E-state index is -0.257. The number of benzene rings is 1. The second-order valence-corrected chi connectivity index (χ2v) is 2.67. The van der Waals surface area contributed by atoms with Crippen molar-refractivity contribution in [1.82, 2.24) is 0 Å². The number of aryl methyl sites for hydroxylation is 1. The average Bonchev–Trinajstić information content (AvgIpc) is 2.25. The second-order valence-electron chi connectivity index (χ2n) is 2.67. The zero-order valence-corrected chi connectivity index (χ0v) is 9.29. The van der Waals surface area contributed by atoms with Gasteiger partial charge in [0.2, 0.25) is 0 Å². The monoisotopic (exact) mass is 196 g/mol. The van der Waals surface area contributed by atoms with E-state index in [1.165, 1.54) is 5.56 Å². The third kappa shape index (κ3) is 4.87. The third-order valence-electron chi connectivity index (χ3n) is 1.69. The van der Waals surface area contributed by atoms with Crippen LogP contribution in [0.15, 0.2) is 24.3 Å². The fraction of sp³-hybridized carbons (Fsp3) is 0.500. The number of ether oxygens (including phenoxy) is 1. The lowest BCUT2D eigenvalue weighted by Gasteiger charge is -2.02. The van der Waals surface area contributed by atoms with Crippen molar-refractivity contribution in [2.24, 2.45) is 0 Å². The van der Waals surface area contributed by atoms with Crippen LogP contribution in [0.4, 0.5) is 0 Å². The molecule has 2 heteroatoms. The van der Waals surface area contributed by atoms with Crippen molar-refractivity contribution in [2.45, 2.75) is 33.6 Å². The van der Waals surface area contributed by atoms with E-state index in [-0.39, 0.29) is 6.79 Å². The lowest BCUT2D eigenvalue weighted by Crippen LogP contribution is -1.94. The smallest absolute Gasteiger partial charge is 0.186 e. The molecular formula is C12H20O2. The first-order valence-electron chi connectivity index (χ1n) is 5.19. The van der Waals surface area contributed by atoms with E-state index in [9.17, 15) is 0 Å². The Hall–Kier alpha value is -1.02. The molecule has 80 valence electrons. The van der Waals surface area contributed by atoms with Crippen LogP contribution >= 0.6 is 0 Å². The first-order chi connectivity index (χ1) is 6.86. The second kappa shape index (κ2) is 8.57. The van der Waals surface area contributed by atoms with Crippen LogP contribution in [0.2, 0.25) is 0 Å². The minimum absolute atomic E-state index is 0.257. The van der Waals surface area contributed by atoms with Gasteiger partial charge >= 0.3 is 0 Å². The van der Waals surface area contributed by atoms with Gasteiger partial charge in [0.15, 0.2) is 6.79 Å². The summed E-state index contributed by atoms with van der Waals surface area (Å²) in [5.74, 6) is 0.720. The molecule has 0 saturated carbocycles. The fourth-order valence-electron chi connectivity index (χ4n) is 1.12. The highest BCUT2D eigenvalue weighted by atomic mass is 16.6. The zero-order valence-electron chi connectivity index (χ0n) is 9.29. The van der Waals surface area contributed by atoms with Crippen molar-refractivity contribution in [1.29, 1.82) is 0 Å². The Labute approximate surface area is 86.5 Å². The van der Waals surface area contributed by atoms with E-state index in [1.807, 2.05) is 38.1 Å². The molecule has 0 aliphatic rings. The maximum Gasteiger partial charge on any atom is 0.186 e. The van der Waals surface area contributed by atoms with E-state index in [2.05, 4.69) is 6.92 Å². The molecule has 0 unspecified atom stereocenters. The highest BCUT2D eigenvalue weighted by Gasteiger charge is 1.92. The van der Waals surface area contributed by atoms with Gasteiger partial charge in [0.05, 0.1) is 0 Å². The molecule has 1 rings (SSSR count). The maximum absolute atomic E-state index is 8.47. The Morgan fingerprint density at radius 1 is 1.14 bits per heavy atom. The highest BCUT2D eigenvalue weighted by molar-refractivity contribution is 5.27. The van der Waals surface area contributed by atoms with Crippen LogP contribution in [-0.4, -0.2) is 11.9 Å². The molecule has 0 atom stereocenters. The van der Waals surface area contributed by atoms with Crippen molar-refractivity contribution >= 4 is 0 Å². The summed E-state index contributed by atoms with van der Waals surface area (Å²) in [6, 6.07) is 7.80. The Balaban J connectivity index is 0.000000791. The lowest BCUT2D eigenvalue weighted by molar-refractivity contribution is 0.0985. The summed E-state index contributed by atoms with van der Waals surface area (Å²) in [4.78, 5) is 0. The summed E-state index contributed by atoms with van der Waals surface area (Å²) >= 11 is 0. The Morgan fingerprint density at radius 2 is 1.71 bits per heavy atom. The predicted molar refractivity (Wildman–Crippen MR) is 59.5 cm³/mol. The largest absolute Gasteiger partial charge is 0.468 e. The van der Waals surface area contributed by atoms with Gasteiger partial charge in [-0.3, -0.25) is 0 Å². The van der Waals surface area contributed by atoms with E-state index >= 15 is 0 Å². The molecule has 0 radical (unpaired) electrons. The number of aliphatic hydroxyl groups excluding tert-OH is 1. The normalized spacial score (nSPS) is 8.86. The quantitative estimate of drug-likeness (QED) is 0.750. The molecule has 0 amide bonds. The van der Waals surface area contributed by atoms with Crippen molar-refractivity contribution < 1.29 is 9.84 Å². The summed E-state index contributed by atoms with van der Waals surface area (Å²) in [6.45, 7) is 5.89. The summed E-state index contributed by atoms with van der Waals surface area (Å²) in [5, 5.41) is 8.47. The van der Waals surface area contributed by atoms with Crippen LogP contribution in [-0.2, 0) is 6.42 Å². The average molecular weight is 196 g/mol. The molecule has 0 aliphatic carbocycles. The zero-order chi connectivity index (χ0) is 10.8. The van der Waals surface area contributed by atoms with Gasteiger partial charge in [-0.2, -0.15) is 0 Å². The van der Waals surface area contributed by atoms with Gasteiger partial charge in [-0.25, -0.2) is 0 Å². The van der Waals surface area contributed by atoms with Crippen molar-refractivity contribution in [2.75, 3.05) is 6.79 Å². The van der Waals surface area contributed by atoms with Gasteiger partial charge in [-0.15, -0.1) is 0 Å². The van der Waals surface area contributed by atoms with E-state index in [0.29, 0.717) is 0 Å². The standard InChI is InChI=1S/C10H14O2.C2H6/c1-2-3-9-4-6-10(7-5-9)12-8-11;1-2/h4-7,11H,2-3,8H2,1H3;1-2H3. The fourth-order valence-corrected chi connectivity index (χ4v) is 1.12. The maximum atomic E-state index is 8.47. The van der Waals surface area contributed by atoms with Crippen LogP contribution in [0.3, 0.4) is 0 Å². The number of hydrogen-bond acceptors (Lipinski definition) is 2. The SMILES string of the molecule is CC.CCCc1ccc(OCO)cc1. The first kappa shape index (κ1) is 13.0. The predicted octanol–water partition coefficient (Wildman–Crippen LogP) is 2.99. The van der Waals surface area contributed by atoms with Crippen LogP contribution in [0.25, 0.3) is 0 Å². The molecule has 0 aliphatic heterocycles. The van der Waals surface area contributed by atoms with Crippen molar-refractivity contribution in [3.8, 4) is 5.75 Å². The summed E-state index contributed by atoms with van der Waals surface area (Å²) < 4.78 is 4.89. The van der Waals surface area contributed by atoms with Crippen LogP contribution < -0.4 is 4.74 Å². The Kier molecular flexibility index (Phi) is 7.95. The van der Waals surface area contributed by atoms with Crippen LogP contribution in [0.1, 0.15) is 32.8 Å². The van der Waals surface area contributed by atoms with E-state index < -0.39 is 0 Å². The van der Waals surface area contributed by atoms with Crippen molar-refractivity contribution in [3.05, 3.63) is 29.8 Å². The van der Waals surface area contributed by atoms with Gasteiger partial charge in [-0.05, 0) is 24.1 Å². The Morgan fingerprint density at radius 3 is 2.14 bits per heavy atom. The summed E-state index contributed by atoms with van der Waals surface area (Å²) in [6.07, 6.45) is 2.25. The summed E-state index contributed by atoms with van der Waals surface area (Å²) in [5.41, 5.74) is 1.31. The molecular weight excluding hydrogens is 176 g/mol. The summed E-state index contributed by atoms with van der Waals surface area (Å²) in [7, 11) is 0. The molecule has 2 nitrogen and oxygen atoms in total. The number of aliphatic hydroxyl groups is 1. The molecule has 0 fully saturated rings. The minimum Gasteiger partial charge on any atom is -0.468 e. The molecule has 0 bridgehead atoms. The van der Waals surface area contributed by atoms with E-state index in [1.54, 1.807) is 0 Å². The first-order valence-corrected chi connectivity index (χ1v) is 5.19. The van der Waals surface area contributed by atoms with Crippen LogP contribution in [0.5, 0.6) is 5.75 Å². The van der Waals surface area contributed by atoms with Gasteiger partial charge < -0.3 is 9.84 Å². The topological polar surface area (TPSA) is 29.5 Å². The van der Waals surface area contributed by atoms with E-state index in [0.717, 1.165) is 18.6 Å².